The lowest BCUT2D eigenvalue weighted by atomic mass is 9.98. The SMILES string of the molecule is CC/C=C(\N)C(C)C[C@@H](O)CC. The molecule has 2 atom stereocenters. The van der Waals surface area contributed by atoms with Gasteiger partial charge in [-0.25, -0.2) is 0 Å². The molecule has 0 fully saturated rings. The van der Waals surface area contributed by atoms with E-state index < -0.39 is 0 Å². The van der Waals surface area contributed by atoms with Gasteiger partial charge in [0.1, 0.15) is 0 Å². The van der Waals surface area contributed by atoms with E-state index >= 15 is 0 Å². The maximum atomic E-state index is 9.36. The third-order valence-corrected chi connectivity index (χ3v) is 2.11. The summed E-state index contributed by atoms with van der Waals surface area (Å²) in [7, 11) is 0. The first kappa shape index (κ1) is 11.5. The van der Waals surface area contributed by atoms with E-state index in [0.717, 1.165) is 25.0 Å². The van der Waals surface area contributed by atoms with Crippen molar-refractivity contribution in [1.29, 1.82) is 0 Å². The lowest BCUT2D eigenvalue weighted by Crippen LogP contribution is -2.16. The second-order valence-electron chi connectivity index (χ2n) is 3.31. The van der Waals surface area contributed by atoms with Crippen LogP contribution < -0.4 is 5.73 Å². The second kappa shape index (κ2) is 6.06. The molecule has 0 heterocycles. The molecular formula is C10H21NO. The highest BCUT2D eigenvalue weighted by Crippen LogP contribution is 2.14. The average Bonchev–Trinajstić information content (AvgIpc) is 2.04. The highest BCUT2D eigenvalue weighted by molar-refractivity contribution is 5.00. The Morgan fingerprint density at radius 1 is 1.50 bits per heavy atom. The second-order valence-corrected chi connectivity index (χ2v) is 3.31. The van der Waals surface area contributed by atoms with Crippen LogP contribution in [0.2, 0.25) is 0 Å². The van der Waals surface area contributed by atoms with Gasteiger partial charge in [-0.1, -0.05) is 26.8 Å². The maximum Gasteiger partial charge on any atom is 0.0543 e. The largest absolute Gasteiger partial charge is 0.402 e. The Balaban J connectivity index is 3.86. The number of aliphatic hydroxyl groups is 1. The van der Waals surface area contributed by atoms with Gasteiger partial charge in [-0.3, -0.25) is 0 Å². The van der Waals surface area contributed by atoms with Crippen molar-refractivity contribution in [3.8, 4) is 0 Å². The van der Waals surface area contributed by atoms with E-state index in [0.29, 0.717) is 5.92 Å². The molecule has 0 aliphatic heterocycles. The molecule has 0 spiro atoms. The summed E-state index contributed by atoms with van der Waals surface area (Å²) in [6.45, 7) is 6.10. The first-order chi connectivity index (χ1) is 5.61. The fourth-order valence-electron chi connectivity index (χ4n) is 1.15. The van der Waals surface area contributed by atoms with Crippen LogP contribution in [0.4, 0.5) is 0 Å². The summed E-state index contributed by atoms with van der Waals surface area (Å²) in [5.74, 6) is 0.305. The van der Waals surface area contributed by atoms with E-state index in [-0.39, 0.29) is 6.10 Å². The van der Waals surface area contributed by atoms with Gasteiger partial charge in [0.2, 0.25) is 0 Å². The summed E-state index contributed by atoms with van der Waals surface area (Å²) < 4.78 is 0. The molecule has 0 aliphatic rings. The predicted molar refractivity (Wildman–Crippen MR) is 52.6 cm³/mol. The number of hydrogen-bond acceptors (Lipinski definition) is 2. The van der Waals surface area contributed by atoms with Gasteiger partial charge >= 0.3 is 0 Å². The van der Waals surface area contributed by atoms with Gasteiger partial charge in [0.15, 0.2) is 0 Å². The highest BCUT2D eigenvalue weighted by atomic mass is 16.3. The minimum absolute atomic E-state index is 0.205. The summed E-state index contributed by atoms with van der Waals surface area (Å²) in [5.41, 5.74) is 6.69. The molecule has 2 heteroatoms. The molecule has 1 unspecified atom stereocenters. The number of aliphatic hydroxyl groups excluding tert-OH is 1. The summed E-state index contributed by atoms with van der Waals surface area (Å²) in [4.78, 5) is 0. The maximum absolute atomic E-state index is 9.36. The Morgan fingerprint density at radius 2 is 2.08 bits per heavy atom. The topological polar surface area (TPSA) is 46.2 Å². The zero-order valence-electron chi connectivity index (χ0n) is 8.38. The van der Waals surface area contributed by atoms with E-state index in [1.165, 1.54) is 0 Å². The number of allylic oxidation sites excluding steroid dienone is 2. The molecule has 2 nitrogen and oxygen atoms in total. The Kier molecular flexibility index (Phi) is 5.81. The standard InChI is InChI=1S/C10H21NO/c1-4-6-10(11)8(3)7-9(12)5-2/h6,8-9,12H,4-5,7,11H2,1-3H3/b10-6-/t8?,9-/m0/s1. The first-order valence-electron chi connectivity index (χ1n) is 4.75. The van der Waals surface area contributed by atoms with E-state index in [1.54, 1.807) is 0 Å². The first-order valence-corrected chi connectivity index (χ1v) is 4.75. The fraction of sp³-hybridized carbons (Fsp3) is 0.800. The number of nitrogens with two attached hydrogens (primary N) is 1. The summed E-state index contributed by atoms with van der Waals surface area (Å²) in [6.07, 6.45) is 4.37. The fourth-order valence-corrected chi connectivity index (χ4v) is 1.15. The molecule has 0 amide bonds. The van der Waals surface area contributed by atoms with Gasteiger partial charge in [0, 0.05) is 5.70 Å². The smallest absolute Gasteiger partial charge is 0.0543 e. The van der Waals surface area contributed by atoms with Gasteiger partial charge in [-0.05, 0) is 25.2 Å². The molecule has 12 heavy (non-hydrogen) atoms. The third kappa shape index (κ3) is 4.39. The van der Waals surface area contributed by atoms with Crippen molar-refractivity contribution in [3.63, 3.8) is 0 Å². The molecule has 0 aromatic heterocycles. The molecule has 72 valence electrons. The van der Waals surface area contributed by atoms with Crippen LogP contribution in [0.1, 0.15) is 40.0 Å². The van der Waals surface area contributed by atoms with Crippen LogP contribution in [0.25, 0.3) is 0 Å². The van der Waals surface area contributed by atoms with Crippen LogP contribution in [0.3, 0.4) is 0 Å². The van der Waals surface area contributed by atoms with E-state index in [2.05, 4.69) is 13.8 Å². The van der Waals surface area contributed by atoms with Crippen molar-refractivity contribution in [1.82, 2.24) is 0 Å². The summed E-state index contributed by atoms with van der Waals surface area (Å²) >= 11 is 0. The van der Waals surface area contributed by atoms with Crippen LogP contribution >= 0.6 is 0 Å². The number of hydrogen-bond donors (Lipinski definition) is 2. The summed E-state index contributed by atoms with van der Waals surface area (Å²) in [6, 6.07) is 0. The summed E-state index contributed by atoms with van der Waals surface area (Å²) in [5, 5.41) is 9.36. The molecule has 0 rings (SSSR count). The van der Waals surface area contributed by atoms with Crippen LogP contribution in [-0.4, -0.2) is 11.2 Å². The van der Waals surface area contributed by atoms with Gasteiger partial charge in [0.05, 0.1) is 6.10 Å². The van der Waals surface area contributed by atoms with Crippen molar-refractivity contribution in [2.75, 3.05) is 0 Å². The molecular weight excluding hydrogens is 150 g/mol. The molecule has 0 bridgehead atoms. The minimum atomic E-state index is -0.205. The molecule has 0 aromatic carbocycles. The molecule has 0 saturated heterocycles. The predicted octanol–water partition coefficient (Wildman–Crippen LogP) is 2.04. The van der Waals surface area contributed by atoms with Gasteiger partial charge in [-0.15, -0.1) is 0 Å². The Hall–Kier alpha value is -0.500. The molecule has 0 saturated carbocycles. The minimum Gasteiger partial charge on any atom is -0.402 e. The lowest BCUT2D eigenvalue weighted by Gasteiger charge is -2.15. The van der Waals surface area contributed by atoms with Gasteiger partial charge in [-0.2, -0.15) is 0 Å². The van der Waals surface area contributed by atoms with Crippen LogP contribution in [-0.2, 0) is 0 Å². The van der Waals surface area contributed by atoms with Gasteiger partial charge in [0.25, 0.3) is 0 Å². The van der Waals surface area contributed by atoms with E-state index in [9.17, 15) is 5.11 Å². The van der Waals surface area contributed by atoms with E-state index in [4.69, 9.17) is 5.73 Å². The van der Waals surface area contributed by atoms with Gasteiger partial charge < -0.3 is 10.8 Å². The lowest BCUT2D eigenvalue weighted by molar-refractivity contribution is 0.147. The number of rotatable bonds is 5. The quantitative estimate of drug-likeness (QED) is 0.665. The van der Waals surface area contributed by atoms with Crippen molar-refractivity contribution >= 4 is 0 Å². The Morgan fingerprint density at radius 3 is 2.50 bits per heavy atom. The van der Waals surface area contributed by atoms with Crippen molar-refractivity contribution in [3.05, 3.63) is 11.8 Å². The van der Waals surface area contributed by atoms with Crippen LogP contribution in [0.15, 0.2) is 11.8 Å². The third-order valence-electron chi connectivity index (χ3n) is 2.11. The molecule has 0 aromatic rings. The zero-order valence-corrected chi connectivity index (χ0v) is 8.38. The molecule has 0 radical (unpaired) electrons. The highest BCUT2D eigenvalue weighted by Gasteiger charge is 2.09. The normalized spacial score (nSPS) is 17.5. The Bertz CT molecular complexity index is 143. The molecule has 0 aliphatic carbocycles. The van der Waals surface area contributed by atoms with Crippen LogP contribution in [0, 0.1) is 5.92 Å². The van der Waals surface area contributed by atoms with Crippen LogP contribution in [0.5, 0.6) is 0 Å². The van der Waals surface area contributed by atoms with Crippen molar-refractivity contribution < 1.29 is 5.11 Å². The average molecular weight is 171 g/mol. The molecule has 3 N–H and O–H groups in total. The van der Waals surface area contributed by atoms with Crippen molar-refractivity contribution in [2.24, 2.45) is 11.7 Å². The Labute approximate surface area is 75.5 Å². The van der Waals surface area contributed by atoms with E-state index in [1.807, 2.05) is 13.0 Å². The monoisotopic (exact) mass is 171 g/mol. The van der Waals surface area contributed by atoms with Crippen molar-refractivity contribution in [2.45, 2.75) is 46.1 Å². The zero-order chi connectivity index (χ0) is 9.56.